The second-order valence-corrected chi connectivity index (χ2v) is 13.4. The standard InChI is InChI=1S/C36H44N4O8S/c1-5-47-36(42)33-24(2)38-34(25-9-7-6-8-10-25)35(33)48-23-29(41)22-37-26-17-19-40(20-18-26)28-13-11-27(12-14-28)39-49(43,44)30-15-16-31(45-3)32(21-30)46-4/h6-16,21,26,29,37-39,41H,5,17-20,22-23H2,1-4H3/t29-/m0/s1. The molecule has 0 bridgehead atoms. The predicted octanol–water partition coefficient (Wildman–Crippen LogP) is 4.98. The molecule has 1 aliphatic rings. The highest BCUT2D eigenvalue weighted by Gasteiger charge is 2.26. The number of hydrogen-bond donors (Lipinski definition) is 4. The van der Waals surface area contributed by atoms with Crippen LogP contribution in [0.4, 0.5) is 11.4 Å². The van der Waals surface area contributed by atoms with Gasteiger partial charge in [0.15, 0.2) is 17.2 Å². The van der Waals surface area contributed by atoms with Crippen molar-refractivity contribution in [2.45, 2.75) is 43.7 Å². The molecule has 1 aliphatic heterocycles. The van der Waals surface area contributed by atoms with Crippen LogP contribution in [0.1, 0.15) is 35.8 Å². The van der Waals surface area contributed by atoms with E-state index in [0.717, 1.165) is 37.2 Å². The van der Waals surface area contributed by atoms with Gasteiger partial charge in [-0.2, -0.15) is 0 Å². The molecular formula is C36H44N4O8S. The van der Waals surface area contributed by atoms with Crippen molar-refractivity contribution in [1.82, 2.24) is 10.3 Å². The molecule has 0 radical (unpaired) electrons. The van der Waals surface area contributed by atoms with E-state index in [1.807, 2.05) is 42.5 Å². The number of hydrogen-bond acceptors (Lipinski definition) is 10. The van der Waals surface area contributed by atoms with E-state index in [9.17, 15) is 18.3 Å². The quantitative estimate of drug-likeness (QED) is 0.126. The van der Waals surface area contributed by atoms with Crippen molar-refractivity contribution in [2.24, 2.45) is 0 Å². The first-order chi connectivity index (χ1) is 23.6. The Balaban J connectivity index is 1.11. The van der Waals surface area contributed by atoms with Crippen molar-refractivity contribution in [2.75, 3.05) is 56.7 Å². The summed E-state index contributed by atoms with van der Waals surface area (Å²) in [5.74, 6) is 0.670. The number of H-pyrrole nitrogens is 1. The normalized spacial score (nSPS) is 14.3. The van der Waals surface area contributed by atoms with Crippen LogP contribution >= 0.6 is 0 Å². The average molecular weight is 693 g/mol. The van der Waals surface area contributed by atoms with Crippen LogP contribution in [0, 0.1) is 6.92 Å². The van der Waals surface area contributed by atoms with Crippen molar-refractivity contribution >= 4 is 27.4 Å². The smallest absolute Gasteiger partial charge is 0.343 e. The second-order valence-electron chi connectivity index (χ2n) is 11.7. The van der Waals surface area contributed by atoms with Crippen molar-refractivity contribution in [1.29, 1.82) is 0 Å². The van der Waals surface area contributed by atoms with Crippen LogP contribution in [0.15, 0.2) is 77.7 Å². The number of piperidine rings is 1. The van der Waals surface area contributed by atoms with Crippen molar-refractivity contribution < 1.29 is 37.3 Å². The van der Waals surface area contributed by atoms with E-state index in [-0.39, 0.29) is 24.2 Å². The minimum atomic E-state index is -3.83. The molecule has 2 heterocycles. The summed E-state index contributed by atoms with van der Waals surface area (Å²) in [6, 6.07) is 21.5. The van der Waals surface area contributed by atoms with E-state index < -0.39 is 22.1 Å². The van der Waals surface area contributed by atoms with E-state index in [0.29, 0.717) is 46.4 Å². The van der Waals surface area contributed by atoms with Gasteiger partial charge in [0.2, 0.25) is 0 Å². The molecule has 49 heavy (non-hydrogen) atoms. The lowest BCUT2D eigenvalue weighted by atomic mass is 10.0. The second kappa shape index (κ2) is 16.1. The highest BCUT2D eigenvalue weighted by molar-refractivity contribution is 7.92. The van der Waals surface area contributed by atoms with Crippen LogP contribution in [0.25, 0.3) is 11.3 Å². The van der Waals surface area contributed by atoms with Gasteiger partial charge in [0.05, 0.1) is 31.4 Å². The summed E-state index contributed by atoms with van der Waals surface area (Å²) in [7, 11) is -0.884. The summed E-state index contributed by atoms with van der Waals surface area (Å²) in [6.07, 6.45) is 0.926. The highest BCUT2D eigenvalue weighted by Crippen LogP contribution is 2.36. The van der Waals surface area contributed by atoms with Crippen molar-refractivity contribution in [3.05, 3.63) is 84.1 Å². The SMILES string of the molecule is CCOC(=O)c1c(C)[nH]c(-c2ccccc2)c1OC[C@@H](O)CNC1CCN(c2ccc(NS(=O)(=O)c3ccc(OC)c(OC)c3)cc2)CC1. The minimum Gasteiger partial charge on any atom is -0.493 e. The molecule has 0 amide bonds. The summed E-state index contributed by atoms with van der Waals surface area (Å²) in [4.78, 5) is 18.3. The van der Waals surface area contributed by atoms with Gasteiger partial charge in [-0.25, -0.2) is 13.2 Å². The van der Waals surface area contributed by atoms with Crippen LogP contribution in [0.3, 0.4) is 0 Å². The summed E-state index contributed by atoms with van der Waals surface area (Å²) in [6.45, 7) is 5.72. The van der Waals surface area contributed by atoms with Gasteiger partial charge in [-0.3, -0.25) is 4.72 Å². The van der Waals surface area contributed by atoms with E-state index >= 15 is 0 Å². The molecule has 12 nitrogen and oxygen atoms in total. The number of aliphatic hydroxyl groups excluding tert-OH is 1. The van der Waals surface area contributed by atoms with Gasteiger partial charge in [-0.15, -0.1) is 0 Å². The largest absolute Gasteiger partial charge is 0.493 e. The maximum absolute atomic E-state index is 13.0. The lowest BCUT2D eigenvalue weighted by Crippen LogP contribution is -2.45. The molecule has 0 aliphatic carbocycles. The van der Waals surface area contributed by atoms with E-state index in [4.69, 9.17) is 18.9 Å². The van der Waals surface area contributed by atoms with Gasteiger partial charge in [0, 0.05) is 54.4 Å². The van der Waals surface area contributed by atoms with Gasteiger partial charge >= 0.3 is 5.97 Å². The monoisotopic (exact) mass is 692 g/mol. The summed E-state index contributed by atoms with van der Waals surface area (Å²) in [5, 5.41) is 14.3. The topological polar surface area (TPSA) is 151 Å². The number of aliphatic hydroxyl groups is 1. The number of rotatable bonds is 15. The van der Waals surface area contributed by atoms with Crippen LogP contribution < -0.4 is 29.1 Å². The Morgan fingerprint density at radius 1 is 1.00 bits per heavy atom. The number of esters is 1. The van der Waals surface area contributed by atoms with Crippen LogP contribution in [0.5, 0.6) is 17.2 Å². The number of aryl methyl sites for hydroxylation is 1. The van der Waals surface area contributed by atoms with Gasteiger partial charge in [0.25, 0.3) is 10.0 Å². The zero-order valence-corrected chi connectivity index (χ0v) is 29.0. The number of sulfonamides is 1. The summed E-state index contributed by atoms with van der Waals surface area (Å²) < 4.78 is 50.4. The number of carbonyl (C=O) groups is 1. The Morgan fingerprint density at radius 2 is 1.69 bits per heavy atom. The van der Waals surface area contributed by atoms with Crippen molar-refractivity contribution in [3.63, 3.8) is 0 Å². The third-order valence-electron chi connectivity index (χ3n) is 8.39. The number of methoxy groups -OCH3 is 2. The van der Waals surface area contributed by atoms with Gasteiger partial charge in [0.1, 0.15) is 18.3 Å². The average Bonchev–Trinajstić information content (AvgIpc) is 3.46. The zero-order valence-electron chi connectivity index (χ0n) is 28.2. The molecule has 3 aromatic carbocycles. The molecule has 1 aromatic heterocycles. The predicted molar refractivity (Wildman–Crippen MR) is 188 cm³/mol. The molecule has 4 aromatic rings. The number of nitrogens with zero attached hydrogens (tertiary/aromatic N) is 1. The lowest BCUT2D eigenvalue weighted by Gasteiger charge is -2.34. The molecule has 0 spiro atoms. The first kappa shape index (κ1) is 35.6. The highest BCUT2D eigenvalue weighted by atomic mass is 32.2. The van der Waals surface area contributed by atoms with Crippen LogP contribution in [-0.2, 0) is 14.8 Å². The van der Waals surface area contributed by atoms with Gasteiger partial charge in [-0.05, 0) is 63.1 Å². The van der Waals surface area contributed by atoms with Crippen LogP contribution in [0.2, 0.25) is 0 Å². The molecule has 0 saturated carbocycles. The van der Waals surface area contributed by atoms with E-state index in [1.54, 1.807) is 32.0 Å². The van der Waals surface area contributed by atoms with Crippen LogP contribution in [-0.4, -0.2) is 83.7 Å². The van der Waals surface area contributed by atoms with Crippen molar-refractivity contribution in [3.8, 4) is 28.5 Å². The number of ether oxygens (including phenoxy) is 4. The Hall–Kier alpha value is -4.72. The Morgan fingerprint density at radius 3 is 2.35 bits per heavy atom. The first-order valence-corrected chi connectivity index (χ1v) is 17.7. The van der Waals surface area contributed by atoms with Gasteiger partial charge in [-0.1, -0.05) is 30.3 Å². The lowest BCUT2D eigenvalue weighted by molar-refractivity contribution is 0.0515. The maximum Gasteiger partial charge on any atom is 0.343 e. The summed E-state index contributed by atoms with van der Waals surface area (Å²) in [5.41, 5.74) is 3.94. The number of aromatic amines is 1. The third kappa shape index (κ3) is 8.66. The molecule has 1 fully saturated rings. The maximum atomic E-state index is 13.0. The fraction of sp³-hybridized carbons (Fsp3) is 0.361. The fourth-order valence-corrected chi connectivity index (χ4v) is 6.90. The van der Waals surface area contributed by atoms with E-state index in [2.05, 4.69) is 19.9 Å². The molecule has 0 unspecified atom stereocenters. The molecular weight excluding hydrogens is 648 g/mol. The first-order valence-electron chi connectivity index (χ1n) is 16.2. The number of benzene rings is 3. The molecule has 4 N–H and O–H groups in total. The Bertz CT molecular complexity index is 1800. The number of nitrogens with one attached hydrogen (secondary N) is 3. The molecule has 1 atom stereocenters. The molecule has 1 saturated heterocycles. The zero-order chi connectivity index (χ0) is 35.0. The number of aromatic nitrogens is 1. The molecule has 5 rings (SSSR count). The number of carbonyl (C=O) groups excluding carboxylic acids is 1. The molecule has 13 heteroatoms. The Labute approximate surface area is 287 Å². The van der Waals surface area contributed by atoms with E-state index in [1.165, 1.54) is 26.4 Å². The Kier molecular flexibility index (Phi) is 11.7. The molecule has 262 valence electrons. The van der Waals surface area contributed by atoms with Gasteiger partial charge < -0.3 is 39.3 Å². The number of anilines is 2. The summed E-state index contributed by atoms with van der Waals surface area (Å²) >= 11 is 0. The third-order valence-corrected chi connectivity index (χ3v) is 9.77. The minimum absolute atomic E-state index is 0.00249. The fourth-order valence-electron chi connectivity index (χ4n) is 5.82.